The van der Waals surface area contributed by atoms with Gasteiger partial charge in [-0.15, -0.1) is 6.58 Å². The summed E-state index contributed by atoms with van der Waals surface area (Å²) in [6.45, 7) is 3.91. The Labute approximate surface area is 268 Å². The molecule has 0 unspecified atom stereocenters. The van der Waals surface area contributed by atoms with E-state index in [0.717, 1.165) is 17.7 Å². The summed E-state index contributed by atoms with van der Waals surface area (Å²) in [6, 6.07) is 14.5. The van der Waals surface area contributed by atoms with Crippen LogP contribution in [0.3, 0.4) is 0 Å². The number of methoxy groups -OCH3 is 1. The zero-order chi connectivity index (χ0) is 32.4. The van der Waals surface area contributed by atoms with Gasteiger partial charge in [0.15, 0.2) is 21.4 Å². The van der Waals surface area contributed by atoms with Crippen molar-refractivity contribution in [3.05, 3.63) is 101 Å². The van der Waals surface area contributed by atoms with Crippen LogP contribution in [0.15, 0.2) is 78.2 Å². The Hall–Kier alpha value is -2.99. The molecule has 12 heteroatoms. The number of nitrogens with zero attached hydrogens (tertiary/aromatic N) is 1. The highest BCUT2D eigenvalue weighted by atomic mass is 35.5. The van der Waals surface area contributed by atoms with Gasteiger partial charge < -0.3 is 9.47 Å². The van der Waals surface area contributed by atoms with Gasteiger partial charge in [0.05, 0.1) is 29.6 Å². The number of hydrogen-bond donors (Lipinski definition) is 0. The molecule has 1 fully saturated rings. The normalized spacial score (nSPS) is 23.1. The highest BCUT2D eigenvalue weighted by Gasteiger charge is 2.49. The van der Waals surface area contributed by atoms with Gasteiger partial charge in [-0.1, -0.05) is 29.8 Å². The standard InChI is InChI=1S/C33H36ClF2NO6S2/c1-3-5-27-19-28(23-18-29-30(35)15-16-31(36)33(29)43-21-23)32(6-4-17-44(38,39)26-13-9-24(34)10-14-26)37(45(27,40)41)20-22-7-11-25(42-2)12-8-22/h3,7-16,23,27-28,32H,1,4-6,17-21H2,2H3/t23-,27+,28-,32+/m0/s1. The lowest BCUT2D eigenvalue weighted by Gasteiger charge is -2.47. The molecule has 7 nitrogen and oxygen atoms in total. The fourth-order valence-corrected chi connectivity index (χ4v) is 10.2. The third-order valence-electron chi connectivity index (χ3n) is 8.83. The van der Waals surface area contributed by atoms with Crippen molar-refractivity contribution in [1.82, 2.24) is 4.31 Å². The first-order valence-electron chi connectivity index (χ1n) is 14.8. The van der Waals surface area contributed by atoms with E-state index in [1.807, 2.05) is 0 Å². The van der Waals surface area contributed by atoms with E-state index in [2.05, 4.69) is 6.58 Å². The molecule has 242 valence electrons. The molecule has 2 aliphatic rings. The average Bonchev–Trinajstić information content (AvgIpc) is 3.02. The number of rotatable bonds is 11. The number of sulfonamides is 1. The van der Waals surface area contributed by atoms with E-state index in [-0.39, 0.29) is 79.1 Å². The minimum atomic E-state index is -3.87. The van der Waals surface area contributed by atoms with E-state index in [1.165, 1.54) is 28.6 Å². The molecular weight excluding hydrogens is 644 g/mol. The van der Waals surface area contributed by atoms with Gasteiger partial charge in [0, 0.05) is 29.1 Å². The summed E-state index contributed by atoms with van der Waals surface area (Å²) in [7, 11) is -6.00. The number of ether oxygens (including phenoxy) is 2. The minimum Gasteiger partial charge on any atom is -0.497 e. The average molecular weight is 680 g/mol. The second-order valence-corrected chi connectivity index (χ2v) is 16.3. The molecule has 0 saturated carbocycles. The molecule has 0 amide bonds. The quantitative estimate of drug-likeness (QED) is 0.212. The lowest BCUT2D eigenvalue weighted by atomic mass is 9.76. The van der Waals surface area contributed by atoms with Crippen molar-refractivity contribution in [3.8, 4) is 11.5 Å². The number of halogens is 3. The summed E-state index contributed by atoms with van der Waals surface area (Å²) >= 11 is 5.94. The predicted molar refractivity (Wildman–Crippen MR) is 170 cm³/mol. The Morgan fingerprint density at radius 1 is 1.07 bits per heavy atom. The minimum absolute atomic E-state index is 0.0538. The lowest BCUT2D eigenvalue weighted by Crippen LogP contribution is -2.56. The largest absolute Gasteiger partial charge is 0.497 e. The van der Waals surface area contributed by atoms with Crippen LogP contribution in [0.5, 0.6) is 11.5 Å². The number of hydrogen-bond acceptors (Lipinski definition) is 6. The summed E-state index contributed by atoms with van der Waals surface area (Å²) in [6.07, 6.45) is 2.62. The Morgan fingerprint density at radius 2 is 1.76 bits per heavy atom. The van der Waals surface area contributed by atoms with Gasteiger partial charge in [0.2, 0.25) is 10.0 Å². The van der Waals surface area contributed by atoms with Crippen LogP contribution in [0.2, 0.25) is 5.02 Å². The lowest BCUT2D eigenvalue weighted by molar-refractivity contribution is 0.0832. The molecule has 3 aromatic carbocycles. The zero-order valence-electron chi connectivity index (χ0n) is 24.9. The van der Waals surface area contributed by atoms with E-state index in [0.29, 0.717) is 10.8 Å². The smallest absolute Gasteiger partial charge is 0.217 e. The topological polar surface area (TPSA) is 90.0 Å². The van der Waals surface area contributed by atoms with Crippen molar-refractivity contribution in [2.45, 2.75) is 54.8 Å². The van der Waals surface area contributed by atoms with E-state index in [1.54, 1.807) is 37.5 Å². The number of allylic oxidation sites excluding steroid dienone is 1. The fourth-order valence-electron chi connectivity index (χ4n) is 6.51. The molecule has 0 spiro atoms. The van der Waals surface area contributed by atoms with E-state index in [9.17, 15) is 25.6 Å². The van der Waals surface area contributed by atoms with E-state index >= 15 is 0 Å². The van der Waals surface area contributed by atoms with Gasteiger partial charge >= 0.3 is 0 Å². The molecule has 1 saturated heterocycles. The molecule has 3 aromatic rings. The summed E-state index contributed by atoms with van der Waals surface area (Å²) in [5.41, 5.74) is 0.861. The van der Waals surface area contributed by atoms with Crippen LogP contribution in [0.25, 0.3) is 0 Å². The monoisotopic (exact) mass is 679 g/mol. The molecule has 0 bridgehead atoms. The van der Waals surface area contributed by atoms with Crippen LogP contribution >= 0.6 is 11.6 Å². The van der Waals surface area contributed by atoms with Gasteiger partial charge in [-0.2, -0.15) is 4.31 Å². The Balaban J connectivity index is 1.50. The second-order valence-electron chi connectivity index (χ2n) is 11.6. The van der Waals surface area contributed by atoms with Gasteiger partial charge in [-0.3, -0.25) is 0 Å². The maximum Gasteiger partial charge on any atom is 0.217 e. The SMILES string of the molecule is C=CC[C@@H]1C[C@@H]([C@@H]2COc3c(F)ccc(F)c3C2)[C@@H](CCCS(=O)(=O)c2ccc(Cl)cc2)N(Cc2ccc(OC)cc2)S1(=O)=O. The summed E-state index contributed by atoms with van der Waals surface area (Å²) in [5.74, 6) is -1.59. The molecule has 0 aromatic heterocycles. The number of sulfone groups is 1. The first-order chi connectivity index (χ1) is 21.4. The van der Waals surface area contributed by atoms with Crippen molar-refractivity contribution in [2.75, 3.05) is 19.5 Å². The fraction of sp³-hybridized carbons (Fsp3) is 0.394. The third-order valence-corrected chi connectivity index (χ3v) is 13.2. The summed E-state index contributed by atoms with van der Waals surface area (Å²) < 4.78 is 96.6. The van der Waals surface area contributed by atoms with Gasteiger partial charge in [0.25, 0.3) is 0 Å². The van der Waals surface area contributed by atoms with Crippen LogP contribution in [-0.4, -0.2) is 51.9 Å². The van der Waals surface area contributed by atoms with Crippen molar-refractivity contribution in [3.63, 3.8) is 0 Å². The number of benzene rings is 3. The molecule has 0 aliphatic carbocycles. The zero-order valence-corrected chi connectivity index (χ0v) is 27.3. The van der Waals surface area contributed by atoms with Crippen LogP contribution in [0, 0.1) is 23.5 Å². The van der Waals surface area contributed by atoms with Crippen molar-refractivity contribution < 1.29 is 35.1 Å². The molecule has 0 radical (unpaired) electrons. The Bertz CT molecular complexity index is 1730. The van der Waals surface area contributed by atoms with E-state index in [4.69, 9.17) is 21.1 Å². The molecule has 45 heavy (non-hydrogen) atoms. The molecule has 4 atom stereocenters. The van der Waals surface area contributed by atoms with Crippen molar-refractivity contribution in [1.29, 1.82) is 0 Å². The Kier molecular flexibility index (Phi) is 10.2. The van der Waals surface area contributed by atoms with Crippen LogP contribution in [-0.2, 0) is 32.8 Å². The van der Waals surface area contributed by atoms with Crippen LogP contribution < -0.4 is 9.47 Å². The van der Waals surface area contributed by atoms with Gasteiger partial charge in [-0.05, 0) is 92.1 Å². The van der Waals surface area contributed by atoms with Crippen LogP contribution in [0.4, 0.5) is 8.78 Å². The first kappa shape index (κ1) is 33.4. The first-order valence-corrected chi connectivity index (χ1v) is 18.3. The van der Waals surface area contributed by atoms with Crippen molar-refractivity contribution in [2.24, 2.45) is 11.8 Å². The highest BCUT2D eigenvalue weighted by Crippen LogP contribution is 2.44. The van der Waals surface area contributed by atoms with Gasteiger partial charge in [0.1, 0.15) is 11.6 Å². The highest BCUT2D eigenvalue weighted by molar-refractivity contribution is 7.91. The summed E-state index contributed by atoms with van der Waals surface area (Å²) in [5, 5.41) is -0.369. The van der Waals surface area contributed by atoms with Crippen molar-refractivity contribution >= 4 is 31.5 Å². The van der Waals surface area contributed by atoms with E-state index < -0.39 is 42.8 Å². The van der Waals surface area contributed by atoms with Crippen LogP contribution in [0.1, 0.15) is 36.8 Å². The maximum atomic E-state index is 14.9. The Morgan fingerprint density at radius 3 is 2.42 bits per heavy atom. The molecule has 2 heterocycles. The molecular formula is C33H36ClF2NO6S2. The second kappa shape index (κ2) is 13.8. The maximum absolute atomic E-state index is 14.9. The molecule has 5 rings (SSSR count). The predicted octanol–water partition coefficient (Wildman–Crippen LogP) is 6.60. The summed E-state index contributed by atoms with van der Waals surface area (Å²) in [4.78, 5) is 0.135. The third kappa shape index (κ3) is 7.21. The molecule has 2 aliphatic heterocycles. The van der Waals surface area contributed by atoms with Gasteiger partial charge in [-0.25, -0.2) is 25.6 Å². The number of fused-ring (bicyclic) bond motifs is 1. The molecule has 0 N–H and O–H groups in total.